The smallest absolute Gasteiger partial charge is 0.349 e. The lowest BCUT2D eigenvalue weighted by molar-refractivity contribution is 0.102. The van der Waals surface area contributed by atoms with Crippen LogP contribution in [-0.2, 0) is 0 Å². The summed E-state index contributed by atoms with van der Waals surface area (Å²) in [4.78, 5) is 24.5. The molecule has 0 spiro atoms. The van der Waals surface area contributed by atoms with Crippen LogP contribution in [0.15, 0.2) is 57.7 Å². The fraction of sp³-hybridized carbons (Fsp3) is 0.111. The van der Waals surface area contributed by atoms with Gasteiger partial charge < -0.3 is 14.5 Å². The van der Waals surface area contributed by atoms with E-state index < -0.39 is 11.5 Å². The van der Waals surface area contributed by atoms with Gasteiger partial charge in [-0.15, -0.1) is 0 Å². The van der Waals surface area contributed by atoms with E-state index in [9.17, 15) is 9.59 Å². The predicted octanol–water partition coefficient (Wildman–Crippen LogP) is 4.05. The minimum absolute atomic E-state index is 0.0368. The summed E-state index contributed by atoms with van der Waals surface area (Å²) in [5.74, 6) is 0.116. The predicted molar refractivity (Wildman–Crippen MR) is 101 cm³/mol. The third-order valence-corrected chi connectivity index (χ3v) is 4.08. The lowest BCUT2D eigenvalue weighted by atomic mass is 10.1. The largest absolute Gasteiger partial charge is 0.494 e. The van der Waals surface area contributed by atoms with Crippen LogP contribution in [0.5, 0.6) is 5.75 Å². The summed E-state index contributed by atoms with van der Waals surface area (Å²) < 4.78 is 11.7. The summed E-state index contributed by atoms with van der Waals surface area (Å²) in [5, 5.41) is 3.35. The highest BCUT2D eigenvalue weighted by Crippen LogP contribution is 2.21. The molecular weight excluding hydrogens is 421 g/mol. The van der Waals surface area contributed by atoms with Gasteiger partial charge in [0.2, 0.25) is 0 Å². The lowest BCUT2D eigenvalue weighted by Crippen LogP contribution is -2.20. The molecule has 3 aromatic rings. The number of halogens is 1. The number of ether oxygens (including phenoxy) is 1. The minimum Gasteiger partial charge on any atom is -0.494 e. The van der Waals surface area contributed by atoms with E-state index in [4.69, 9.17) is 9.15 Å². The van der Waals surface area contributed by atoms with Gasteiger partial charge in [0.1, 0.15) is 16.9 Å². The van der Waals surface area contributed by atoms with Crippen LogP contribution in [0, 0.1) is 3.57 Å². The molecular formula is C18H14INO4. The van der Waals surface area contributed by atoms with Crippen LogP contribution in [0.1, 0.15) is 17.3 Å². The van der Waals surface area contributed by atoms with E-state index in [0.29, 0.717) is 29.0 Å². The summed E-state index contributed by atoms with van der Waals surface area (Å²) in [6.07, 6.45) is 0. The maximum Gasteiger partial charge on any atom is 0.349 e. The van der Waals surface area contributed by atoms with Crippen LogP contribution in [0.4, 0.5) is 5.69 Å². The van der Waals surface area contributed by atoms with Crippen LogP contribution >= 0.6 is 22.6 Å². The summed E-state index contributed by atoms with van der Waals surface area (Å²) in [7, 11) is 0. The standard InChI is InChI=1S/C18H14INO4/c1-2-23-14-8-3-11-9-15(18(22)24-16(11)10-14)17(21)20-13-6-4-12(19)5-7-13/h3-10H,2H2,1H3,(H,20,21). The molecule has 0 atom stereocenters. The molecule has 1 heterocycles. The van der Waals surface area contributed by atoms with Gasteiger partial charge in [0.05, 0.1) is 6.61 Å². The molecule has 0 aliphatic carbocycles. The molecule has 0 saturated carbocycles. The van der Waals surface area contributed by atoms with Crippen LogP contribution in [0.2, 0.25) is 0 Å². The quantitative estimate of drug-likeness (QED) is 0.496. The summed E-state index contributed by atoms with van der Waals surface area (Å²) in [5.41, 5.74) is 0.285. The molecule has 1 aromatic heterocycles. The van der Waals surface area contributed by atoms with E-state index in [1.54, 1.807) is 30.3 Å². The Morgan fingerprint density at radius 1 is 1.17 bits per heavy atom. The van der Waals surface area contributed by atoms with Gasteiger partial charge in [-0.25, -0.2) is 4.79 Å². The Kier molecular flexibility index (Phi) is 4.84. The van der Waals surface area contributed by atoms with Crippen molar-refractivity contribution in [3.8, 4) is 5.75 Å². The molecule has 0 aliphatic rings. The molecule has 0 saturated heterocycles. The third-order valence-electron chi connectivity index (χ3n) is 3.37. The number of amides is 1. The van der Waals surface area contributed by atoms with Crippen molar-refractivity contribution < 1.29 is 13.9 Å². The van der Waals surface area contributed by atoms with E-state index >= 15 is 0 Å². The number of benzene rings is 2. The van der Waals surface area contributed by atoms with Crippen molar-refractivity contribution in [2.75, 3.05) is 11.9 Å². The Hall–Kier alpha value is -2.35. The fourth-order valence-corrected chi connectivity index (χ4v) is 2.60. The lowest BCUT2D eigenvalue weighted by Gasteiger charge is -2.07. The van der Waals surface area contributed by atoms with Gasteiger partial charge in [0, 0.05) is 20.7 Å². The molecule has 0 bridgehead atoms. The molecule has 0 fully saturated rings. The molecule has 0 radical (unpaired) electrons. The number of carbonyl (C=O) groups excluding carboxylic acids is 1. The monoisotopic (exact) mass is 435 g/mol. The molecule has 2 aromatic carbocycles. The zero-order valence-corrected chi connectivity index (χ0v) is 15.0. The number of rotatable bonds is 4. The van der Waals surface area contributed by atoms with E-state index in [1.165, 1.54) is 6.07 Å². The zero-order valence-electron chi connectivity index (χ0n) is 12.8. The first-order valence-corrected chi connectivity index (χ1v) is 8.42. The van der Waals surface area contributed by atoms with E-state index in [-0.39, 0.29) is 5.56 Å². The maximum atomic E-state index is 12.3. The van der Waals surface area contributed by atoms with Crippen molar-refractivity contribution in [1.82, 2.24) is 0 Å². The number of carbonyl (C=O) groups is 1. The number of hydrogen-bond donors (Lipinski definition) is 1. The summed E-state index contributed by atoms with van der Waals surface area (Å²) in [6.45, 7) is 2.39. The van der Waals surface area contributed by atoms with Crippen LogP contribution < -0.4 is 15.7 Å². The summed E-state index contributed by atoms with van der Waals surface area (Å²) >= 11 is 2.18. The SMILES string of the molecule is CCOc1ccc2cc(C(=O)Nc3ccc(I)cc3)c(=O)oc2c1. The fourth-order valence-electron chi connectivity index (χ4n) is 2.24. The van der Waals surface area contributed by atoms with Gasteiger partial charge in [-0.1, -0.05) is 0 Å². The molecule has 24 heavy (non-hydrogen) atoms. The normalized spacial score (nSPS) is 10.6. The van der Waals surface area contributed by atoms with E-state index in [2.05, 4.69) is 27.9 Å². The first-order chi connectivity index (χ1) is 11.6. The molecule has 5 nitrogen and oxygen atoms in total. The average Bonchev–Trinajstić information content (AvgIpc) is 2.56. The third kappa shape index (κ3) is 3.59. The first kappa shape index (κ1) is 16.5. The van der Waals surface area contributed by atoms with Crippen molar-refractivity contribution in [3.05, 3.63) is 68.1 Å². The van der Waals surface area contributed by atoms with Crippen molar-refractivity contribution in [2.45, 2.75) is 6.92 Å². The highest BCUT2D eigenvalue weighted by molar-refractivity contribution is 14.1. The highest BCUT2D eigenvalue weighted by atomic mass is 127. The highest BCUT2D eigenvalue weighted by Gasteiger charge is 2.14. The topological polar surface area (TPSA) is 68.5 Å². The Labute approximate surface area is 151 Å². The molecule has 0 aliphatic heterocycles. The molecule has 0 unspecified atom stereocenters. The van der Waals surface area contributed by atoms with Crippen molar-refractivity contribution in [1.29, 1.82) is 0 Å². The maximum absolute atomic E-state index is 12.3. The Balaban J connectivity index is 1.92. The Morgan fingerprint density at radius 3 is 2.62 bits per heavy atom. The summed E-state index contributed by atoms with van der Waals surface area (Å²) in [6, 6.07) is 14.0. The second-order valence-corrected chi connectivity index (χ2v) is 6.29. The number of nitrogens with one attached hydrogen (secondary N) is 1. The van der Waals surface area contributed by atoms with Gasteiger partial charge >= 0.3 is 5.63 Å². The van der Waals surface area contributed by atoms with Gasteiger partial charge in [0.25, 0.3) is 5.91 Å². The van der Waals surface area contributed by atoms with Gasteiger partial charge in [-0.2, -0.15) is 0 Å². The molecule has 1 N–H and O–H groups in total. The molecule has 122 valence electrons. The van der Waals surface area contributed by atoms with Gasteiger partial charge in [-0.3, -0.25) is 4.79 Å². The van der Waals surface area contributed by atoms with Crippen molar-refractivity contribution in [3.63, 3.8) is 0 Å². The average molecular weight is 435 g/mol. The van der Waals surface area contributed by atoms with Crippen LogP contribution in [0.25, 0.3) is 11.0 Å². The van der Waals surface area contributed by atoms with E-state index in [0.717, 1.165) is 3.57 Å². The Bertz CT molecular complexity index is 947. The Morgan fingerprint density at radius 2 is 1.92 bits per heavy atom. The van der Waals surface area contributed by atoms with Crippen LogP contribution in [0.3, 0.4) is 0 Å². The first-order valence-electron chi connectivity index (χ1n) is 7.34. The molecule has 6 heteroatoms. The number of fused-ring (bicyclic) bond motifs is 1. The number of anilines is 1. The van der Waals surface area contributed by atoms with Crippen molar-refractivity contribution >= 4 is 45.2 Å². The molecule has 3 rings (SSSR count). The van der Waals surface area contributed by atoms with Crippen molar-refractivity contribution in [2.24, 2.45) is 0 Å². The number of hydrogen-bond acceptors (Lipinski definition) is 4. The second kappa shape index (κ2) is 7.04. The minimum atomic E-state index is -0.681. The van der Waals surface area contributed by atoms with Crippen LogP contribution in [-0.4, -0.2) is 12.5 Å². The second-order valence-electron chi connectivity index (χ2n) is 5.04. The van der Waals surface area contributed by atoms with E-state index in [1.807, 2.05) is 19.1 Å². The van der Waals surface area contributed by atoms with Gasteiger partial charge in [0.15, 0.2) is 0 Å². The zero-order chi connectivity index (χ0) is 17.1. The molecule has 1 amide bonds. The van der Waals surface area contributed by atoms with Gasteiger partial charge in [-0.05, 0) is 72.0 Å².